The molecule has 0 saturated heterocycles. The number of allylic oxidation sites excluding steroid dienone is 8. The number of aliphatic hydroxyl groups excluding tert-OH is 1. The number of hydrogen-bond acceptors (Lipinski definition) is 1. The van der Waals surface area contributed by atoms with Gasteiger partial charge in [-0.05, 0) is 29.6 Å². The van der Waals surface area contributed by atoms with Crippen molar-refractivity contribution in [3.05, 3.63) is 48.6 Å². The van der Waals surface area contributed by atoms with E-state index in [1.54, 1.807) is 0 Å². The minimum absolute atomic E-state index is 0.304. The first-order chi connectivity index (χ1) is 7.42. The maximum atomic E-state index is 9.53. The topological polar surface area (TPSA) is 20.2 Å². The number of fused-ring (bicyclic) bond motifs is 3. The van der Waals surface area contributed by atoms with Crippen molar-refractivity contribution in [2.45, 2.75) is 0 Å². The van der Waals surface area contributed by atoms with Crippen LogP contribution in [0.4, 0.5) is 0 Å². The molecule has 0 spiro atoms. The van der Waals surface area contributed by atoms with Gasteiger partial charge in [-0.25, -0.2) is 0 Å². The van der Waals surface area contributed by atoms with E-state index in [1.807, 2.05) is 0 Å². The van der Waals surface area contributed by atoms with Crippen molar-refractivity contribution in [1.82, 2.24) is 0 Å². The van der Waals surface area contributed by atoms with Gasteiger partial charge in [0, 0.05) is 6.61 Å². The van der Waals surface area contributed by atoms with Crippen molar-refractivity contribution in [2.75, 3.05) is 6.61 Å². The van der Waals surface area contributed by atoms with Crippen LogP contribution in [0.15, 0.2) is 48.6 Å². The first-order valence-corrected chi connectivity index (χ1v) is 5.72. The first-order valence-electron chi connectivity index (χ1n) is 5.72. The Hall–Kier alpha value is -1.08. The van der Waals surface area contributed by atoms with Crippen molar-refractivity contribution in [2.24, 2.45) is 29.6 Å². The van der Waals surface area contributed by atoms with E-state index in [1.165, 1.54) is 0 Å². The van der Waals surface area contributed by atoms with E-state index in [-0.39, 0.29) is 0 Å². The molecule has 0 bridgehead atoms. The molecule has 1 nitrogen and oxygen atoms in total. The molecule has 0 amide bonds. The van der Waals surface area contributed by atoms with Gasteiger partial charge in [0.15, 0.2) is 0 Å². The number of hydrogen-bond donors (Lipinski definition) is 1. The van der Waals surface area contributed by atoms with Crippen LogP contribution in [-0.4, -0.2) is 11.7 Å². The molecule has 1 heteroatoms. The molecule has 0 aliphatic heterocycles. The van der Waals surface area contributed by atoms with Crippen LogP contribution in [0.25, 0.3) is 0 Å². The van der Waals surface area contributed by atoms with Gasteiger partial charge in [-0.3, -0.25) is 0 Å². The zero-order valence-corrected chi connectivity index (χ0v) is 8.66. The van der Waals surface area contributed by atoms with E-state index in [0.717, 1.165) is 0 Å². The van der Waals surface area contributed by atoms with Gasteiger partial charge >= 0.3 is 0 Å². The van der Waals surface area contributed by atoms with Gasteiger partial charge in [0.05, 0.1) is 0 Å². The summed E-state index contributed by atoms with van der Waals surface area (Å²) in [6, 6.07) is 0. The lowest BCUT2D eigenvalue weighted by atomic mass is 9.83. The molecule has 0 aromatic heterocycles. The lowest BCUT2D eigenvalue weighted by molar-refractivity contribution is 0.184. The van der Waals surface area contributed by atoms with Gasteiger partial charge < -0.3 is 5.11 Å². The zero-order valence-electron chi connectivity index (χ0n) is 8.66. The Morgan fingerprint density at radius 2 is 1.07 bits per heavy atom. The molecule has 4 atom stereocenters. The Kier molecular flexibility index (Phi) is 2.14. The van der Waals surface area contributed by atoms with E-state index < -0.39 is 0 Å². The van der Waals surface area contributed by atoms with Gasteiger partial charge in [0.1, 0.15) is 0 Å². The lowest BCUT2D eigenvalue weighted by Gasteiger charge is -2.21. The molecule has 0 radical (unpaired) electrons. The molecule has 1 N–H and O–H groups in total. The standard InChI is InChI=1S/C14H16O/c15-9-14-12-7-3-1-5-10(12)11-6-2-4-8-13(11)14/h1-8,10-15H,9H2. The average molecular weight is 200 g/mol. The SMILES string of the molecule is OCC1C2C=CC=CC2C2C=CC=CC21. The third kappa shape index (κ3) is 1.26. The van der Waals surface area contributed by atoms with Crippen LogP contribution in [-0.2, 0) is 0 Å². The van der Waals surface area contributed by atoms with Crippen molar-refractivity contribution in [3.63, 3.8) is 0 Å². The molecule has 15 heavy (non-hydrogen) atoms. The second-order valence-corrected chi connectivity index (χ2v) is 4.70. The smallest absolute Gasteiger partial charge is 0.0470 e. The molecule has 3 aliphatic rings. The summed E-state index contributed by atoms with van der Waals surface area (Å²) in [5.74, 6) is 2.66. The van der Waals surface area contributed by atoms with Crippen molar-refractivity contribution in [3.8, 4) is 0 Å². The molecular weight excluding hydrogens is 184 g/mol. The Morgan fingerprint density at radius 3 is 1.47 bits per heavy atom. The van der Waals surface area contributed by atoms with E-state index in [9.17, 15) is 5.11 Å². The summed E-state index contributed by atoms with van der Waals surface area (Å²) in [7, 11) is 0. The third-order valence-corrected chi connectivity index (χ3v) is 4.09. The van der Waals surface area contributed by atoms with Crippen LogP contribution in [0.2, 0.25) is 0 Å². The van der Waals surface area contributed by atoms with Crippen LogP contribution in [0.1, 0.15) is 0 Å². The predicted octanol–water partition coefficient (Wildman–Crippen LogP) is 2.33. The number of aliphatic hydroxyl groups is 1. The highest BCUT2D eigenvalue weighted by atomic mass is 16.3. The molecule has 0 heterocycles. The van der Waals surface area contributed by atoms with Crippen LogP contribution in [0, 0.1) is 29.6 Å². The molecule has 1 saturated carbocycles. The second-order valence-electron chi connectivity index (χ2n) is 4.70. The van der Waals surface area contributed by atoms with Gasteiger partial charge in [-0.15, -0.1) is 0 Å². The molecule has 0 aromatic carbocycles. The predicted molar refractivity (Wildman–Crippen MR) is 61.1 cm³/mol. The van der Waals surface area contributed by atoms with Crippen LogP contribution >= 0.6 is 0 Å². The van der Waals surface area contributed by atoms with Gasteiger partial charge in [-0.1, -0.05) is 48.6 Å². The van der Waals surface area contributed by atoms with E-state index in [0.29, 0.717) is 36.2 Å². The Labute approximate surface area is 90.5 Å². The Morgan fingerprint density at radius 1 is 0.667 bits per heavy atom. The fourth-order valence-corrected chi connectivity index (χ4v) is 3.41. The van der Waals surface area contributed by atoms with Gasteiger partial charge in [0.2, 0.25) is 0 Å². The zero-order chi connectivity index (χ0) is 10.3. The summed E-state index contributed by atoms with van der Waals surface area (Å²) in [5, 5.41) is 9.53. The van der Waals surface area contributed by atoms with Crippen LogP contribution < -0.4 is 0 Å². The molecule has 0 aromatic rings. The van der Waals surface area contributed by atoms with E-state index in [4.69, 9.17) is 0 Å². The van der Waals surface area contributed by atoms with Gasteiger partial charge in [0.25, 0.3) is 0 Å². The number of rotatable bonds is 1. The average Bonchev–Trinajstić information content (AvgIpc) is 2.63. The largest absolute Gasteiger partial charge is 0.396 e. The fourth-order valence-electron chi connectivity index (χ4n) is 3.41. The summed E-state index contributed by atoms with van der Waals surface area (Å²) in [4.78, 5) is 0. The summed E-state index contributed by atoms with van der Waals surface area (Å²) in [6.45, 7) is 0.304. The maximum absolute atomic E-state index is 9.53. The molecule has 3 rings (SSSR count). The highest BCUT2D eigenvalue weighted by molar-refractivity contribution is 5.28. The molecule has 78 valence electrons. The van der Waals surface area contributed by atoms with Crippen LogP contribution in [0.3, 0.4) is 0 Å². The maximum Gasteiger partial charge on any atom is 0.0470 e. The summed E-state index contributed by atoms with van der Waals surface area (Å²) >= 11 is 0. The van der Waals surface area contributed by atoms with Crippen LogP contribution in [0.5, 0.6) is 0 Å². The minimum Gasteiger partial charge on any atom is -0.396 e. The van der Waals surface area contributed by atoms with E-state index >= 15 is 0 Å². The molecule has 1 fully saturated rings. The Balaban J connectivity index is 1.99. The van der Waals surface area contributed by atoms with Crippen molar-refractivity contribution >= 4 is 0 Å². The fraction of sp³-hybridized carbons (Fsp3) is 0.429. The summed E-state index contributed by atoms with van der Waals surface area (Å²) in [5.41, 5.74) is 0. The highest BCUT2D eigenvalue weighted by Gasteiger charge is 2.46. The molecule has 3 aliphatic carbocycles. The second kappa shape index (κ2) is 3.49. The normalized spacial score (nSPS) is 45.5. The van der Waals surface area contributed by atoms with Gasteiger partial charge in [-0.2, -0.15) is 0 Å². The summed E-state index contributed by atoms with van der Waals surface area (Å²) in [6.07, 6.45) is 17.7. The van der Waals surface area contributed by atoms with Crippen molar-refractivity contribution < 1.29 is 5.11 Å². The first kappa shape index (κ1) is 9.17. The monoisotopic (exact) mass is 200 g/mol. The quantitative estimate of drug-likeness (QED) is 0.688. The molecular formula is C14H16O. The lowest BCUT2D eigenvalue weighted by Crippen LogP contribution is -2.19. The molecule has 4 unspecified atom stereocenters. The summed E-state index contributed by atoms with van der Waals surface area (Å²) < 4.78 is 0. The third-order valence-electron chi connectivity index (χ3n) is 4.09. The Bertz CT molecular complexity index is 328. The highest BCUT2D eigenvalue weighted by Crippen LogP contribution is 2.50. The minimum atomic E-state index is 0.304. The van der Waals surface area contributed by atoms with Crippen molar-refractivity contribution in [1.29, 1.82) is 0 Å². The van der Waals surface area contributed by atoms with E-state index in [2.05, 4.69) is 48.6 Å².